The Bertz CT molecular complexity index is 602. The van der Waals surface area contributed by atoms with Crippen molar-refractivity contribution in [2.24, 2.45) is 11.8 Å². The number of aromatic nitrogens is 2. The van der Waals surface area contributed by atoms with Crippen LogP contribution in [-0.4, -0.2) is 44.4 Å². The maximum atomic E-state index is 12.7. The molecule has 6 nitrogen and oxygen atoms in total. The van der Waals surface area contributed by atoms with Crippen LogP contribution in [0.4, 0.5) is 0 Å². The van der Waals surface area contributed by atoms with Crippen LogP contribution in [0.3, 0.4) is 0 Å². The topological polar surface area (TPSA) is 83.4 Å². The average Bonchev–Trinajstić information content (AvgIpc) is 2.96. The predicted octanol–water partition coefficient (Wildman–Crippen LogP) is 1.42. The van der Waals surface area contributed by atoms with Gasteiger partial charge in [0.15, 0.2) is 0 Å². The quantitative estimate of drug-likeness (QED) is 0.890. The molecule has 2 aliphatic rings. The minimum absolute atomic E-state index is 0.0955. The van der Waals surface area contributed by atoms with E-state index in [4.69, 9.17) is 0 Å². The molecule has 1 aromatic rings. The molecule has 0 radical (unpaired) electrons. The molecule has 1 saturated heterocycles. The Morgan fingerprint density at radius 2 is 2.10 bits per heavy atom. The van der Waals surface area contributed by atoms with E-state index in [1.54, 1.807) is 13.8 Å². The number of hydrogen-bond acceptors (Lipinski definition) is 4. The molecule has 3 rings (SSSR count). The average molecular weight is 289 g/mol. The number of carboxylic acid groups (broad SMARTS) is 1. The second kappa shape index (κ2) is 5.09. The summed E-state index contributed by atoms with van der Waals surface area (Å²) >= 11 is 0. The summed E-state index contributed by atoms with van der Waals surface area (Å²) in [5.41, 5.74) is 1.01. The standard InChI is InChI=1S/C15H19N3O3/c1-8-12(6-16-9(2)17-8)14(19)18-7-10-4-3-5-11(10)13(18)15(20)21/h6,10-11,13H,3-5,7H2,1-2H3,(H,20,21)/t10-,11-,13+/m0/s1. The van der Waals surface area contributed by atoms with Gasteiger partial charge in [-0.1, -0.05) is 6.42 Å². The van der Waals surface area contributed by atoms with Crippen LogP contribution in [0, 0.1) is 25.7 Å². The molecule has 1 aliphatic carbocycles. The third-order valence-electron chi connectivity index (χ3n) is 4.73. The first-order chi connectivity index (χ1) is 9.99. The van der Waals surface area contributed by atoms with Gasteiger partial charge in [-0.05, 0) is 38.5 Å². The Labute approximate surface area is 123 Å². The number of fused-ring (bicyclic) bond motifs is 1. The van der Waals surface area contributed by atoms with Crippen molar-refractivity contribution in [2.75, 3.05) is 6.54 Å². The maximum absolute atomic E-state index is 12.7. The van der Waals surface area contributed by atoms with Crippen LogP contribution in [0.2, 0.25) is 0 Å². The van der Waals surface area contributed by atoms with Gasteiger partial charge in [0.1, 0.15) is 11.9 Å². The third kappa shape index (κ3) is 2.28. The molecule has 1 aliphatic heterocycles. The largest absolute Gasteiger partial charge is 0.480 e. The van der Waals surface area contributed by atoms with Crippen LogP contribution in [-0.2, 0) is 4.79 Å². The highest BCUT2D eigenvalue weighted by atomic mass is 16.4. The van der Waals surface area contributed by atoms with Gasteiger partial charge >= 0.3 is 5.97 Å². The van der Waals surface area contributed by atoms with Gasteiger partial charge in [-0.3, -0.25) is 4.79 Å². The number of carbonyl (C=O) groups excluding carboxylic acids is 1. The Kier molecular flexibility index (Phi) is 3.39. The summed E-state index contributed by atoms with van der Waals surface area (Å²) in [7, 11) is 0. The first kappa shape index (κ1) is 14.0. The smallest absolute Gasteiger partial charge is 0.326 e. The zero-order valence-corrected chi connectivity index (χ0v) is 12.2. The van der Waals surface area contributed by atoms with E-state index in [1.807, 2.05) is 0 Å². The fraction of sp³-hybridized carbons (Fsp3) is 0.600. The molecule has 1 aromatic heterocycles. The molecule has 2 heterocycles. The predicted molar refractivity (Wildman–Crippen MR) is 74.8 cm³/mol. The minimum atomic E-state index is -0.900. The second-order valence-corrected chi connectivity index (χ2v) is 6.01. The lowest BCUT2D eigenvalue weighted by atomic mass is 9.94. The number of carboxylic acids is 1. The van der Waals surface area contributed by atoms with Gasteiger partial charge in [-0.2, -0.15) is 0 Å². The van der Waals surface area contributed by atoms with E-state index in [0.717, 1.165) is 19.3 Å². The van der Waals surface area contributed by atoms with Gasteiger partial charge in [0.05, 0.1) is 11.3 Å². The number of carbonyl (C=O) groups is 2. The normalized spacial score (nSPS) is 27.7. The first-order valence-electron chi connectivity index (χ1n) is 7.33. The zero-order chi connectivity index (χ0) is 15.1. The lowest BCUT2D eigenvalue weighted by molar-refractivity contribution is -0.142. The van der Waals surface area contributed by atoms with E-state index >= 15 is 0 Å². The fourth-order valence-electron chi connectivity index (χ4n) is 3.78. The molecule has 1 saturated carbocycles. The summed E-state index contributed by atoms with van der Waals surface area (Å²) in [6.45, 7) is 4.06. The molecule has 0 spiro atoms. The van der Waals surface area contributed by atoms with Crippen molar-refractivity contribution in [1.82, 2.24) is 14.9 Å². The number of amides is 1. The molecule has 0 aromatic carbocycles. The van der Waals surface area contributed by atoms with Crippen molar-refractivity contribution in [3.8, 4) is 0 Å². The molecule has 0 bridgehead atoms. The Morgan fingerprint density at radius 3 is 2.76 bits per heavy atom. The van der Waals surface area contributed by atoms with Crippen LogP contribution in [0.1, 0.15) is 41.1 Å². The number of aliphatic carboxylic acids is 1. The van der Waals surface area contributed by atoms with Gasteiger partial charge in [0.2, 0.25) is 0 Å². The number of nitrogens with zero attached hydrogens (tertiary/aromatic N) is 3. The Morgan fingerprint density at radius 1 is 1.33 bits per heavy atom. The number of rotatable bonds is 2. The van der Waals surface area contributed by atoms with Crippen molar-refractivity contribution in [2.45, 2.75) is 39.2 Å². The molecule has 1 N–H and O–H groups in total. The van der Waals surface area contributed by atoms with Gasteiger partial charge in [0.25, 0.3) is 5.91 Å². The highest BCUT2D eigenvalue weighted by Gasteiger charge is 2.49. The van der Waals surface area contributed by atoms with Crippen molar-refractivity contribution in [3.05, 3.63) is 23.3 Å². The van der Waals surface area contributed by atoms with Crippen LogP contribution < -0.4 is 0 Å². The van der Waals surface area contributed by atoms with E-state index in [-0.39, 0.29) is 11.8 Å². The molecule has 6 heteroatoms. The van der Waals surface area contributed by atoms with Crippen molar-refractivity contribution in [1.29, 1.82) is 0 Å². The summed E-state index contributed by atoms with van der Waals surface area (Å²) in [5.74, 6) is -0.130. The van der Waals surface area contributed by atoms with Crippen LogP contribution in [0.5, 0.6) is 0 Å². The SMILES string of the molecule is Cc1ncc(C(=O)N2C[C@@H]3CCC[C@@H]3[C@@H]2C(=O)O)c(C)n1. The molecule has 21 heavy (non-hydrogen) atoms. The summed E-state index contributed by atoms with van der Waals surface area (Å²) in [4.78, 5) is 34.1. The number of aryl methyl sites for hydroxylation is 2. The van der Waals surface area contributed by atoms with Crippen LogP contribution in [0.25, 0.3) is 0 Å². The minimum Gasteiger partial charge on any atom is -0.480 e. The van der Waals surface area contributed by atoms with E-state index in [2.05, 4.69) is 9.97 Å². The van der Waals surface area contributed by atoms with Gasteiger partial charge in [0, 0.05) is 12.7 Å². The summed E-state index contributed by atoms with van der Waals surface area (Å²) < 4.78 is 0. The molecule has 1 amide bonds. The molecular formula is C15H19N3O3. The van der Waals surface area contributed by atoms with Gasteiger partial charge in [-0.15, -0.1) is 0 Å². The van der Waals surface area contributed by atoms with Crippen molar-refractivity contribution < 1.29 is 14.7 Å². The fourth-order valence-corrected chi connectivity index (χ4v) is 3.78. The molecule has 2 fully saturated rings. The Balaban J connectivity index is 1.91. The lowest BCUT2D eigenvalue weighted by Crippen LogP contribution is -2.43. The van der Waals surface area contributed by atoms with E-state index in [0.29, 0.717) is 29.5 Å². The van der Waals surface area contributed by atoms with Gasteiger partial charge in [-0.25, -0.2) is 14.8 Å². The van der Waals surface area contributed by atoms with Crippen LogP contribution >= 0.6 is 0 Å². The van der Waals surface area contributed by atoms with Crippen molar-refractivity contribution in [3.63, 3.8) is 0 Å². The van der Waals surface area contributed by atoms with E-state index < -0.39 is 12.0 Å². The van der Waals surface area contributed by atoms with E-state index in [9.17, 15) is 14.7 Å². The van der Waals surface area contributed by atoms with E-state index in [1.165, 1.54) is 11.1 Å². The summed E-state index contributed by atoms with van der Waals surface area (Å²) in [5, 5.41) is 9.51. The van der Waals surface area contributed by atoms with Crippen LogP contribution in [0.15, 0.2) is 6.20 Å². The highest BCUT2D eigenvalue weighted by Crippen LogP contribution is 2.42. The zero-order valence-electron chi connectivity index (χ0n) is 12.2. The summed E-state index contributed by atoms with van der Waals surface area (Å²) in [6, 6.07) is -0.703. The molecule has 112 valence electrons. The maximum Gasteiger partial charge on any atom is 0.326 e. The highest BCUT2D eigenvalue weighted by molar-refractivity contribution is 5.97. The number of hydrogen-bond donors (Lipinski definition) is 1. The first-order valence-corrected chi connectivity index (χ1v) is 7.33. The van der Waals surface area contributed by atoms with Gasteiger partial charge < -0.3 is 10.0 Å². The second-order valence-electron chi connectivity index (χ2n) is 6.01. The third-order valence-corrected chi connectivity index (χ3v) is 4.73. The number of likely N-dealkylation sites (tertiary alicyclic amines) is 1. The molecule has 0 unspecified atom stereocenters. The summed E-state index contributed by atoms with van der Waals surface area (Å²) in [6.07, 6.45) is 4.48. The monoisotopic (exact) mass is 289 g/mol. The Hall–Kier alpha value is -1.98. The molecular weight excluding hydrogens is 270 g/mol. The molecule has 3 atom stereocenters. The lowest BCUT2D eigenvalue weighted by Gasteiger charge is -2.24. The van der Waals surface area contributed by atoms with Crippen molar-refractivity contribution >= 4 is 11.9 Å².